The lowest BCUT2D eigenvalue weighted by Crippen LogP contribution is -2.52. The Morgan fingerprint density at radius 1 is 1.16 bits per heavy atom. The second-order valence-electron chi connectivity index (χ2n) is 7.76. The van der Waals surface area contributed by atoms with Gasteiger partial charge >= 0.3 is 0 Å². The first kappa shape index (κ1) is 21.7. The van der Waals surface area contributed by atoms with Crippen molar-refractivity contribution in [2.75, 3.05) is 18.5 Å². The number of aliphatic hydroxyl groups excluding tert-OH is 1. The molecule has 1 aromatic heterocycles. The van der Waals surface area contributed by atoms with Gasteiger partial charge in [0.2, 0.25) is 5.91 Å². The van der Waals surface area contributed by atoms with E-state index in [2.05, 4.69) is 10.3 Å². The van der Waals surface area contributed by atoms with Crippen LogP contribution in [-0.2, 0) is 16.1 Å². The van der Waals surface area contributed by atoms with Gasteiger partial charge in [-0.15, -0.1) is 0 Å². The van der Waals surface area contributed by atoms with E-state index in [9.17, 15) is 14.7 Å². The van der Waals surface area contributed by atoms with E-state index in [0.717, 1.165) is 16.7 Å². The summed E-state index contributed by atoms with van der Waals surface area (Å²) in [7, 11) is 0. The van der Waals surface area contributed by atoms with Gasteiger partial charge in [-0.1, -0.05) is 36.4 Å². The average Bonchev–Trinajstić information content (AvgIpc) is 2.82. The topological polar surface area (TPSA) is 91.8 Å². The molecule has 0 bridgehead atoms. The molecule has 2 heterocycles. The molecule has 2 atom stereocenters. The van der Waals surface area contributed by atoms with Gasteiger partial charge in [0.1, 0.15) is 12.7 Å². The van der Waals surface area contributed by atoms with Crippen molar-refractivity contribution in [3.63, 3.8) is 0 Å². The van der Waals surface area contributed by atoms with Gasteiger partial charge in [-0.2, -0.15) is 0 Å². The van der Waals surface area contributed by atoms with E-state index in [1.807, 2.05) is 49.4 Å². The molecule has 1 aliphatic rings. The fourth-order valence-corrected chi connectivity index (χ4v) is 3.89. The highest BCUT2D eigenvalue weighted by Crippen LogP contribution is 2.31. The molecule has 1 fully saturated rings. The number of anilines is 1. The van der Waals surface area contributed by atoms with E-state index in [-0.39, 0.29) is 25.0 Å². The summed E-state index contributed by atoms with van der Waals surface area (Å²) >= 11 is 0. The average molecular weight is 431 g/mol. The first-order valence-corrected chi connectivity index (χ1v) is 10.4. The molecule has 0 unspecified atom stereocenters. The molecule has 32 heavy (non-hydrogen) atoms. The van der Waals surface area contributed by atoms with E-state index >= 15 is 0 Å². The molecular formula is C25H25N3O4. The van der Waals surface area contributed by atoms with Crippen molar-refractivity contribution in [2.45, 2.75) is 25.6 Å². The molecule has 1 aliphatic heterocycles. The number of nitrogens with zero attached hydrogens (tertiary/aromatic N) is 2. The van der Waals surface area contributed by atoms with E-state index in [1.165, 1.54) is 0 Å². The summed E-state index contributed by atoms with van der Waals surface area (Å²) in [6.45, 7) is 1.95. The molecule has 7 nitrogen and oxygen atoms in total. The third-order valence-corrected chi connectivity index (χ3v) is 5.61. The summed E-state index contributed by atoms with van der Waals surface area (Å²) in [6, 6.07) is 17.9. The first-order valence-electron chi connectivity index (χ1n) is 10.4. The number of aryl methyl sites for hydroxylation is 1. The molecule has 4 rings (SSSR count). The number of aliphatic hydroxyl groups is 1. The van der Waals surface area contributed by atoms with Gasteiger partial charge in [-0.25, -0.2) is 0 Å². The smallest absolute Gasteiger partial charge is 0.255 e. The first-order chi connectivity index (χ1) is 15.6. The van der Waals surface area contributed by atoms with Crippen LogP contribution in [0.25, 0.3) is 0 Å². The lowest BCUT2D eigenvalue weighted by Gasteiger charge is -2.40. The number of pyridine rings is 1. The van der Waals surface area contributed by atoms with Gasteiger partial charge in [0.15, 0.2) is 0 Å². The van der Waals surface area contributed by atoms with Crippen LogP contribution in [0.2, 0.25) is 0 Å². The number of amides is 2. The highest BCUT2D eigenvalue weighted by molar-refractivity contribution is 6.05. The van der Waals surface area contributed by atoms with Crippen molar-refractivity contribution in [2.24, 2.45) is 0 Å². The highest BCUT2D eigenvalue weighted by atomic mass is 16.5. The van der Waals surface area contributed by atoms with Crippen LogP contribution in [0, 0.1) is 6.92 Å². The van der Waals surface area contributed by atoms with Gasteiger partial charge in [-0.05, 0) is 47.9 Å². The fourth-order valence-electron chi connectivity index (χ4n) is 3.89. The van der Waals surface area contributed by atoms with Crippen LogP contribution in [0.1, 0.15) is 33.2 Å². The van der Waals surface area contributed by atoms with Crippen molar-refractivity contribution in [1.29, 1.82) is 0 Å². The maximum Gasteiger partial charge on any atom is 0.255 e. The van der Waals surface area contributed by atoms with Gasteiger partial charge in [0, 0.05) is 30.2 Å². The molecule has 2 aromatic carbocycles. The molecule has 0 saturated carbocycles. The Bertz CT molecular complexity index is 1090. The monoisotopic (exact) mass is 431 g/mol. The van der Waals surface area contributed by atoms with Crippen LogP contribution in [-0.4, -0.2) is 46.1 Å². The molecule has 1 saturated heterocycles. The van der Waals surface area contributed by atoms with Gasteiger partial charge < -0.3 is 20.1 Å². The quantitative estimate of drug-likeness (QED) is 0.626. The summed E-state index contributed by atoms with van der Waals surface area (Å²) < 4.78 is 5.80. The Hall–Kier alpha value is -3.55. The zero-order valence-electron chi connectivity index (χ0n) is 17.8. The van der Waals surface area contributed by atoms with Crippen molar-refractivity contribution in [1.82, 2.24) is 9.88 Å². The highest BCUT2D eigenvalue weighted by Gasteiger charge is 2.37. The lowest BCUT2D eigenvalue weighted by atomic mass is 9.98. The van der Waals surface area contributed by atoms with Crippen LogP contribution in [0.15, 0.2) is 73.1 Å². The molecule has 0 aliphatic carbocycles. The number of hydrogen-bond donors (Lipinski definition) is 2. The number of benzene rings is 2. The number of aromatic nitrogens is 1. The lowest BCUT2D eigenvalue weighted by molar-refractivity contribution is -0.162. The van der Waals surface area contributed by atoms with Crippen LogP contribution < -0.4 is 5.32 Å². The van der Waals surface area contributed by atoms with E-state index in [1.54, 1.807) is 35.5 Å². The Balaban J connectivity index is 1.49. The summed E-state index contributed by atoms with van der Waals surface area (Å²) in [6.07, 6.45) is 2.91. The van der Waals surface area contributed by atoms with Crippen molar-refractivity contribution < 1.29 is 19.4 Å². The second kappa shape index (κ2) is 9.72. The maximum atomic E-state index is 12.6. The molecule has 7 heteroatoms. The summed E-state index contributed by atoms with van der Waals surface area (Å²) in [5.74, 6) is -0.350. The minimum Gasteiger partial charge on any atom is -0.394 e. The minimum absolute atomic E-state index is 0.0623. The predicted octanol–water partition coefficient (Wildman–Crippen LogP) is 3.10. The third-order valence-electron chi connectivity index (χ3n) is 5.61. The molecule has 0 radical (unpaired) electrons. The minimum atomic E-state index is -0.524. The van der Waals surface area contributed by atoms with E-state index < -0.39 is 12.1 Å². The number of hydrogen-bond acceptors (Lipinski definition) is 5. The number of ether oxygens (including phenoxy) is 1. The fraction of sp³-hybridized carbons (Fsp3) is 0.240. The second-order valence-corrected chi connectivity index (χ2v) is 7.76. The van der Waals surface area contributed by atoms with Crippen LogP contribution >= 0.6 is 0 Å². The van der Waals surface area contributed by atoms with Crippen LogP contribution in [0.3, 0.4) is 0 Å². The Morgan fingerprint density at radius 3 is 2.62 bits per heavy atom. The number of morpholine rings is 1. The van der Waals surface area contributed by atoms with Gasteiger partial charge in [0.25, 0.3) is 5.91 Å². The van der Waals surface area contributed by atoms with Crippen molar-refractivity contribution in [3.05, 3.63) is 95.3 Å². The molecule has 2 N–H and O–H groups in total. The molecule has 164 valence electrons. The predicted molar refractivity (Wildman–Crippen MR) is 120 cm³/mol. The molecule has 3 aromatic rings. The van der Waals surface area contributed by atoms with Gasteiger partial charge in [-0.3, -0.25) is 14.6 Å². The zero-order valence-corrected chi connectivity index (χ0v) is 17.8. The Morgan fingerprint density at radius 2 is 1.94 bits per heavy atom. The van der Waals surface area contributed by atoms with Crippen LogP contribution in [0.5, 0.6) is 0 Å². The Labute approximate surface area is 186 Å². The SMILES string of the molecule is Cc1ccccc1C(=O)Nc1ccc([C@H]2OCC(=O)N(Cc3cccnc3)[C@@H]2CO)cc1. The van der Waals surface area contributed by atoms with E-state index in [0.29, 0.717) is 17.8 Å². The standard InChI is InChI=1S/C25H25N3O4/c1-17-5-2-3-7-21(17)25(31)27-20-10-8-19(9-11-20)24-22(15-29)28(23(30)16-32-24)14-18-6-4-12-26-13-18/h2-13,22,24,29H,14-16H2,1H3,(H,27,31)/t22-,24-/m1/s1. The normalized spacial score (nSPS) is 18.4. The number of rotatable bonds is 6. The van der Waals surface area contributed by atoms with Gasteiger partial charge in [0.05, 0.1) is 12.6 Å². The van der Waals surface area contributed by atoms with Crippen LogP contribution in [0.4, 0.5) is 5.69 Å². The zero-order chi connectivity index (χ0) is 22.5. The summed E-state index contributed by atoms with van der Waals surface area (Å²) in [4.78, 5) is 30.8. The number of carbonyl (C=O) groups is 2. The largest absolute Gasteiger partial charge is 0.394 e. The summed E-state index contributed by atoms with van der Waals surface area (Å²) in [5.41, 5.74) is 3.89. The molecule has 2 amide bonds. The maximum absolute atomic E-state index is 12.6. The third kappa shape index (κ3) is 4.69. The van der Waals surface area contributed by atoms with Crippen molar-refractivity contribution in [3.8, 4) is 0 Å². The molecular weight excluding hydrogens is 406 g/mol. The molecule has 0 spiro atoms. The number of carbonyl (C=O) groups excluding carboxylic acids is 2. The Kier molecular flexibility index (Phi) is 6.58. The summed E-state index contributed by atoms with van der Waals surface area (Å²) in [5, 5.41) is 13.0. The number of nitrogens with one attached hydrogen (secondary N) is 1. The van der Waals surface area contributed by atoms with E-state index in [4.69, 9.17) is 4.74 Å². The van der Waals surface area contributed by atoms with Crippen molar-refractivity contribution >= 4 is 17.5 Å².